The first-order valence-electron chi connectivity index (χ1n) is 6.86. The van der Waals surface area contributed by atoms with Crippen LogP contribution in [0.15, 0.2) is 24.3 Å². The van der Waals surface area contributed by atoms with Gasteiger partial charge in [0.1, 0.15) is 6.54 Å². The molecule has 6 heteroatoms. The highest BCUT2D eigenvalue weighted by Gasteiger charge is 2.33. The number of hydrogen-bond donors (Lipinski definition) is 1. The van der Waals surface area contributed by atoms with E-state index < -0.39 is 0 Å². The first kappa shape index (κ1) is 15.6. The SMILES string of the molecule is CCc1ccc(NC(=O)CN2C(=O)CS[C@H](C)C2=O)cc1. The molecule has 0 unspecified atom stereocenters. The van der Waals surface area contributed by atoms with Gasteiger partial charge >= 0.3 is 0 Å². The fourth-order valence-electron chi connectivity index (χ4n) is 2.02. The summed E-state index contributed by atoms with van der Waals surface area (Å²) in [5, 5.41) is 2.43. The quantitative estimate of drug-likeness (QED) is 0.860. The van der Waals surface area contributed by atoms with Crippen molar-refractivity contribution in [1.82, 2.24) is 4.90 Å². The first-order valence-corrected chi connectivity index (χ1v) is 7.90. The molecule has 3 amide bonds. The zero-order valence-corrected chi connectivity index (χ0v) is 12.9. The number of anilines is 1. The van der Waals surface area contributed by atoms with Gasteiger partial charge in [-0.05, 0) is 31.0 Å². The van der Waals surface area contributed by atoms with Crippen LogP contribution in [-0.2, 0) is 20.8 Å². The van der Waals surface area contributed by atoms with Crippen molar-refractivity contribution in [2.45, 2.75) is 25.5 Å². The van der Waals surface area contributed by atoms with Crippen molar-refractivity contribution in [1.29, 1.82) is 0 Å². The van der Waals surface area contributed by atoms with E-state index in [4.69, 9.17) is 0 Å². The van der Waals surface area contributed by atoms with Crippen LogP contribution in [0.5, 0.6) is 0 Å². The van der Waals surface area contributed by atoms with Gasteiger partial charge in [-0.2, -0.15) is 0 Å². The van der Waals surface area contributed by atoms with E-state index in [0.29, 0.717) is 5.69 Å². The van der Waals surface area contributed by atoms with Crippen molar-refractivity contribution >= 4 is 35.2 Å². The molecule has 1 heterocycles. The van der Waals surface area contributed by atoms with Gasteiger partial charge in [-0.1, -0.05) is 19.1 Å². The average molecular weight is 306 g/mol. The summed E-state index contributed by atoms with van der Waals surface area (Å²) >= 11 is 1.30. The third kappa shape index (κ3) is 3.85. The molecule has 1 atom stereocenters. The minimum Gasteiger partial charge on any atom is -0.325 e. The fourth-order valence-corrected chi connectivity index (χ4v) is 2.84. The second-order valence-electron chi connectivity index (χ2n) is 4.87. The van der Waals surface area contributed by atoms with Gasteiger partial charge in [-0.15, -0.1) is 11.8 Å². The molecule has 0 spiro atoms. The van der Waals surface area contributed by atoms with Crippen LogP contribution in [0, 0.1) is 0 Å². The largest absolute Gasteiger partial charge is 0.325 e. The lowest BCUT2D eigenvalue weighted by Crippen LogP contribution is -2.49. The smallest absolute Gasteiger partial charge is 0.244 e. The Morgan fingerprint density at radius 2 is 2.00 bits per heavy atom. The van der Waals surface area contributed by atoms with Crippen molar-refractivity contribution in [3.05, 3.63) is 29.8 Å². The van der Waals surface area contributed by atoms with Crippen LogP contribution in [0.4, 0.5) is 5.69 Å². The summed E-state index contributed by atoms with van der Waals surface area (Å²) < 4.78 is 0. The lowest BCUT2D eigenvalue weighted by molar-refractivity contribution is -0.145. The summed E-state index contributed by atoms with van der Waals surface area (Å²) in [5.41, 5.74) is 1.84. The predicted molar refractivity (Wildman–Crippen MR) is 83.1 cm³/mol. The normalized spacial score (nSPS) is 18.8. The van der Waals surface area contributed by atoms with E-state index in [1.807, 2.05) is 24.3 Å². The zero-order chi connectivity index (χ0) is 15.4. The highest BCUT2D eigenvalue weighted by Crippen LogP contribution is 2.20. The Labute approximate surface area is 128 Å². The molecule has 0 radical (unpaired) electrons. The Bertz CT molecular complexity index is 557. The molecule has 1 saturated heterocycles. The molecule has 1 aromatic carbocycles. The zero-order valence-electron chi connectivity index (χ0n) is 12.1. The number of carbonyl (C=O) groups is 3. The number of imide groups is 1. The molecule has 1 aliphatic rings. The molecule has 112 valence electrons. The molecule has 1 N–H and O–H groups in total. The Morgan fingerprint density at radius 3 is 2.62 bits per heavy atom. The van der Waals surface area contributed by atoms with Crippen molar-refractivity contribution in [3.63, 3.8) is 0 Å². The molecular formula is C15H18N2O3S. The van der Waals surface area contributed by atoms with Gasteiger partial charge in [0.2, 0.25) is 17.7 Å². The highest BCUT2D eigenvalue weighted by atomic mass is 32.2. The number of amides is 3. The number of carbonyl (C=O) groups excluding carboxylic acids is 3. The minimum absolute atomic E-state index is 0.224. The number of nitrogens with zero attached hydrogens (tertiary/aromatic N) is 1. The molecule has 0 aliphatic carbocycles. The second kappa shape index (κ2) is 6.76. The Balaban J connectivity index is 1.97. The van der Waals surface area contributed by atoms with Crippen LogP contribution in [-0.4, -0.2) is 40.2 Å². The van der Waals surface area contributed by atoms with Gasteiger partial charge in [-0.25, -0.2) is 0 Å². The van der Waals surface area contributed by atoms with Crippen LogP contribution in [0.1, 0.15) is 19.4 Å². The third-order valence-corrected chi connectivity index (χ3v) is 4.43. The van der Waals surface area contributed by atoms with Gasteiger partial charge in [-0.3, -0.25) is 19.3 Å². The van der Waals surface area contributed by atoms with E-state index in [-0.39, 0.29) is 35.3 Å². The van der Waals surface area contributed by atoms with Crippen molar-refractivity contribution in [3.8, 4) is 0 Å². The summed E-state index contributed by atoms with van der Waals surface area (Å²) in [6.45, 7) is 3.58. The van der Waals surface area contributed by atoms with Crippen molar-refractivity contribution in [2.75, 3.05) is 17.6 Å². The lowest BCUT2D eigenvalue weighted by Gasteiger charge is -2.27. The number of aryl methyl sites for hydroxylation is 1. The first-order chi connectivity index (χ1) is 10.0. The monoisotopic (exact) mass is 306 g/mol. The summed E-state index contributed by atoms with van der Waals surface area (Å²) in [5.74, 6) is -0.724. The number of hydrogen-bond acceptors (Lipinski definition) is 4. The summed E-state index contributed by atoms with van der Waals surface area (Å²) in [6, 6.07) is 7.50. The number of rotatable bonds is 4. The Kier molecular flexibility index (Phi) is 5.01. The van der Waals surface area contributed by atoms with Gasteiger partial charge in [0.25, 0.3) is 0 Å². The molecule has 0 bridgehead atoms. The van der Waals surface area contributed by atoms with Crippen LogP contribution in [0.25, 0.3) is 0 Å². The molecule has 1 fully saturated rings. The Hall–Kier alpha value is -1.82. The van der Waals surface area contributed by atoms with E-state index in [1.165, 1.54) is 17.3 Å². The molecular weight excluding hydrogens is 288 g/mol. The van der Waals surface area contributed by atoms with Gasteiger partial charge in [0.15, 0.2) is 0 Å². The molecule has 1 aliphatic heterocycles. The second-order valence-corrected chi connectivity index (χ2v) is 6.20. The van der Waals surface area contributed by atoms with Crippen molar-refractivity contribution in [2.24, 2.45) is 0 Å². The molecule has 21 heavy (non-hydrogen) atoms. The van der Waals surface area contributed by atoms with E-state index >= 15 is 0 Å². The standard InChI is InChI=1S/C15H18N2O3S/c1-3-11-4-6-12(7-5-11)16-13(18)8-17-14(19)9-21-10(2)15(17)20/h4-7,10H,3,8-9H2,1-2H3,(H,16,18)/t10-/m1/s1. The third-order valence-electron chi connectivity index (χ3n) is 3.32. The summed E-state index contributed by atoms with van der Waals surface area (Å²) in [4.78, 5) is 36.6. The van der Waals surface area contributed by atoms with E-state index in [1.54, 1.807) is 6.92 Å². The van der Waals surface area contributed by atoms with Crippen LogP contribution >= 0.6 is 11.8 Å². The molecule has 5 nitrogen and oxygen atoms in total. The maximum Gasteiger partial charge on any atom is 0.244 e. The van der Waals surface area contributed by atoms with Crippen LogP contribution in [0.2, 0.25) is 0 Å². The van der Waals surface area contributed by atoms with Crippen LogP contribution < -0.4 is 5.32 Å². The summed E-state index contributed by atoms with van der Waals surface area (Å²) in [7, 11) is 0. The van der Waals surface area contributed by atoms with Crippen molar-refractivity contribution < 1.29 is 14.4 Å². The average Bonchev–Trinajstić information content (AvgIpc) is 2.48. The molecule has 2 rings (SSSR count). The molecule has 1 aromatic rings. The van der Waals surface area contributed by atoms with Gasteiger partial charge < -0.3 is 5.32 Å². The van der Waals surface area contributed by atoms with Gasteiger partial charge in [0.05, 0.1) is 11.0 Å². The predicted octanol–water partition coefficient (Wildman–Crippen LogP) is 1.68. The Morgan fingerprint density at radius 1 is 1.33 bits per heavy atom. The van der Waals surface area contributed by atoms with Gasteiger partial charge in [0, 0.05) is 5.69 Å². The van der Waals surface area contributed by atoms with Crippen LogP contribution in [0.3, 0.4) is 0 Å². The number of benzene rings is 1. The maximum absolute atomic E-state index is 12.0. The van der Waals surface area contributed by atoms with E-state index in [2.05, 4.69) is 12.2 Å². The minimum atomic E-state index is -0.361. The van der Waals surface area contributed by atoms with E-state index in [9.17, 15) is 14.4 Å². The molecule has 0 saturated carbocycles. The van der Waals surface area contributed by atoms with E-state index in [0.717, 1.165) is 11.3 Å². The number of nitrogens with one attached hydrogen (secondary N) is 1. The fraction of sp³-hybridized carbons (Fsp3) is 0.400. The lowest BCUT2D eigenvalue weighted by atomic mass is 10.1. The highest BCUT2D eigenvalue weighted by molar-refractivity contribution is 8.01. The topological polar surface area (TPSA) is 66.5 Å². The maximum atomic E-state index is 12.0. The summed E-state index contributed by atoms with van der Waals surface area (Å²) in [6.07, 6.45) is 0.931. The molecule has 0 aromatic heterocycles. The number of thioether (sulfide) groups is 1.